The lowest BCUT2D eigenvalue weighted by atomic mass is 10.3. The third-order valence-electron chi connectivity index (χ3n) is 4.58. The van der Waals surface area contributed by atoms with E-state index in [2.05, 4.69) is 23.7 Å². The molecule has 0 aliphatic heterocycles. The molecule has 0 saturated heterocycles. The van der Waals surface area contributed by atoms with Gasteiger partial charge in [-0.15, -0.1) is 12.4 Å². The second-order valence-corrected chi connectivity index (χ2v) is 8.31. The van der Waals surface area contributed by atoms with Gasteiger partial charge >= 0.3 is 0 Å². The Bertz CT molecular complexity index is 962. The lowest BCUT2D eigenvalue weighted by Crippen LogP contribution is -2.41. The highest BCUT2D eigenvalue weighted by molar-refractivity contribution is 7.22. The second-order valence-electron chi connectivity index (χ2n) is 6.42. The van der Waals surface area contributed by atoms with Crippen molar-refractivity contribution < 1.29 is 9.53 Å². The second kappa shape index (κ2) is 11.7. The van der Waals surface area contributed by atoms with E-state index in [-0.39, 0.29) is 24.9 Å². The van der Waals surface area contributed by atoms with Gasteiger partial charge in [-0.2, -0.15) is 0 Å². The molecule has 1 amide bonds. The number of hydrogen-bond acceptors (Lipinski definition) is 5. The van der Waals surface area contributed by atoms with Gasteiger partial charge in [0.05, 0.1) is 10.2 Å². The van der Waals surface area contributed by atoms with Crippen LogP contribution in [0.5, 0.6) is 5.75 Å². The SMILES string of the molecule is CCN(CC)CCN(C(=O)COc1ccc(Cl)cc1)c1nc2ccc(Cl)cc2s1.Cl. The number of halogens is 3. The van der Waals surface area contributed by atoms with Crippen LogP contribution in [0.1, 0.15) is 13.8 Å². The summed E-state index contributed by atoms with van der Waals surface area (Å²) in [6.45, 7) is 7.30. The first-order chi connectivity index (χ1) is 14.0. The van der Waals surface area contributed by atoms with E-state index >= 15 is 0 Å². The molecule has 2 aromatic carbocycles. The molecule has 1 heterocycles. The molecule has 0 unspecified atom stereocenters. The number of hydrogen-bond donors (Lipinski definition) is 0. The molecule has 3 aromatic rings. The highest BCUT2D eigenvalue weighted by Crippen LogP contribution is 2.31. The number of anilines is 1. The summed E-state index contributed by atoms with van der Waals surface area (Å²) in [6.07, 6.45) is 0. The van der Waals surface area contributed by atoms with Crippen LogP contribution in [0.4, 0.5) is 5.13 Å². The molecule has 3 rings (SSSR count). The number of rotatable bonds is 9. The largest absolute Gasteiger partial charge is 0.484 e. The Morgan fingerprint density at radius 2 is 1.70 bits per heavy atom. The average molecular weight is 489 g/mol. The van der Waals surface area contributed by atoms with Crippen LogP contribution in [-0.2, 0) is 4.79 Å². The molecule has 9 heteroatoms. The lowest BCUT2D eigenvalue weighted by molar-refractivity contribution is -0.120. The maximum Gasteiger partial charge on any atom is 0.266 e. The minimum absolute atomic E-state index is 0. The Balaban J connectivity index is 0.00000320. The molecular weight excluding hydrogens is 465 g/mol. The van der Waals surface area contributed by atoms with Crippen LogP contribution >= 0.6 is 46.9 Å². The van der Waals surface area contributed by atoms with Gasteiger partial charge in [-0.25, -0.2) is 4.98 Å². The highest BCUT2D eigenvalue weighted by Gasteiger charge is 2.21. The summed E-state index contributed by atoms with van der Waals surface area (Å²) in [4.78, 5) is 21.6. The molecule has 0 fully saturated rings. The van der Waals surface area contributed by atoms with Crippen molar-refractivity contribution >= 4 is 68.2 Å². The first kappa shape index (κ1) is 24.7. The van der Waals surface area contributed by atoms with Crippen molar-refractivity contribution in [1.29, 1.82) is 0 Å². The van der Waals surface area contributed by atoms with E-state index in [1.54, 1.807) is 35.2 Å². The third kappa shape index (κ3) is 6.46. The van der Waals surface area contributed by atoms with Crippen molar-refractivity contribution in [3.8, 4) is 5.75 Å². The van der Waals surface area contributed by atoms with Crippen LogP contribution in [-0.4, -0.2) is 48.6 Å². The Kier molecular flexibility index (Phi) is 9.65. The Labute approximate surface area is 197 Å². The van der Waals surface area contributed by atoms with E-state index in [4.69, 9.17) is 27.9 Å². The van der Waals surface area contributed by atoms with Crippen LogP contribution in [0.25, 0.3) is 10.2 Å². The summed E-state index contributed by atoms with van der Waals surface area (Å²) in [5, 5.41) is 1.93. The summed E-state index contributed by atoms with van der Waals surface area (Å²) in [5.41, 5.74) is 0.827. The summed E-state index contributed by atoms with van der Waals surface area (Å²) >= 11 is 13.5. The molecule has 0 N–H and O–H groups in total. The molecule has 0 saturated carbocycles. The van der Waals surface area contributed by atoms with E-state index in [0.717, 1.165) is 29.9 Å². The smallest absolute Gasteiger partial charge is 0.266 e. The highest BCUT2D eigenvalue weighted by atomic mass is 35.5. The van der Waals surface area contributed by atoms with Gasteiger partial charge in [-0.1, -0.05) is 48.4 Å². The van der Waals surface area contributed by atoms with Gasteiger partial charge in [0.15, 0.2) is 11.7 Å². The Morgan fingerprint density at radius 1 is 1.03 bits per heavy atom. The molecule has 0 atom stereocenters. The number of amides is 1. The molecule has 0 aliphatic rings. The van der Waals surface area contributed by atoms with Crippen molar-refractivity contribution in [2.75, 3.05) is 37.7 Å². The van der Waals surface area contributed by atoms with Crippen molar-refractivity contribution in [2.45, 2.75) is 13.8 Å². The number of nitrogens with zero attached hydrogens (tertiary/aromatic N) is 3. The monoisotopic (exact) mass is 487 g/mol. The van der Waals surface area contributed by atoms with Crippen molar-refractivity contribution in [1.82, 2.24) is 9.88 Å². The van der Waals surface area contributed by atoms with Crippen LogP contribution in [0.3, 0.4) is 0 Å². The van der Waals surface area contributed by atoms with E-state index in [0.29, 0.717) is 27.5 Å². The number of benzene rings is 2. The first-order valence-corrected chi connectivity index (χ1v) is 11.0. The van der Waals surface area contributed by atoms with Crippen LogP contribution in [0.2, 0.25) is 10.0 Å². The Morgan fingerprint density at radius 3 is 2.37 bits per heavy atom. The predicted molar refractivity (Wildman–Crippen MR) is 129 cm³/mol. The lowest BCUT2D eigenvalue weighted by Gasteiger charge is -2.24. The number of thiazole rings is 1. The molecule has 0 radical (unpaired) electrons. The minimum atomic E-state index is -0.141. The molecule has 5 nitrogen and oxygen atoms in total. The fourth-order valence-electron chi connectivity index (χ4n) is 2.86. The first-order valence-electron chi connectivity index (χ1n) is 9.47. The zero-order valence-corrected chi connectivity index (χ0v) is 20.0. The van der Waals surface area contributed by atoms with E-state index in [1.165, 1.54) is 11.3 Å². The number of fused-ring (bicyclic) bond motifs is 1. The molecule has 0 spiro atoms. The quantitative estimate of drug-likeness (QED) is 0.383. The summed E-state index contributed by atoms with van der Waals surface area (Å²) in [5.74, 6) is 0.458. The molecule has 0 bridgehead atoms. The van der Waals surface area contributed by atoms with E-state index < -0.39 is 0 Å². The molecule has 1 aromatic heterocycles. The van der Waals surface area contributed by atoms with Gasteiger partial charge in [0.25, 0.3) is 5.91 Å². The van der Waals surface area contributed by atoms with Crippen LogP contribution in [0.15, 0.2) is 42.5 Å². The number of likely N-dealkylation sites (N-methyl/N-ethyl adjacent to an activating group) is 1. The van der Waals surface area contributed by atoms with Gasteiger partial charge < -0.3 is 9.64 Å². The van der Waals surface area contributed by atoms with Crippen molar-refractivity contribution in [2.24, 2.45) is 0 Å². The summed E-state index contributed by atoms with van der Waals surface area (Å²) in [6, 6.07) is 12.5. The third-order valence-corrected chi connectivity index (χ3v) is 6.11. The fraction of sp³-hybridized carbons (Fsp3) is 0.333. The normalized spacial score (nSPS) is 10.8. The molecule has 0 aliphatic carbocycles. The zero-order chi connectivity index (χ0) is 20.8. The summed E-state index contributed by atoms with van der Waals surface area (Å²) < 4.78 is 6.62. The predicted octanol–water partition coefficient (Wildman–Crippen LogP) is 5.78. The molecular formula is C21H24Cl3N3O2S. The minimum Gasteiger partial charge on any atom is -0.484 e. The summed E-state index contributed by atoms with van der Waals surface area (Å²) in [7, 11) is 0. The van der Waals surface area contributed by atoms with Crippen molar-refractivity contribution in [3.05, 3.63) is 52.5 Å². The fourth-order valence-corrected chi connectivity index (χ4v) is 4.27. The zero-order valence-electron chi connectivity index (χ0n) is 16.8. The van der Waals surface area contributed by atoms with Gasteiger partial charge in [0.1, 0.15) is 5.75 Å². The van der Waals surface area contributed by atoms with Gasteiger partial charge in [-0.05, 0) is 55.6 Å². The average Bonchev–Trinajstić information content (AvgIpc) is 3.13. The number of carbonyl (C=O) groups is 1. The topological polar surface area (TPSA) is 45.7 Å². The van der Waals surface area contributed by atoms with Crippen LogP contribution < -0.4 is 9.64 Å². The van der Waals surface area contributed by atoms with Gasteiger partial charge in [-0.3, -0.25) is 9.69 Å². The van der Waals surface area contributed by atoms with Gasteiger partial charge in [0.2, 0.25) is 0 Å². The number of aromatic nitrogens is 1. The van der Waals surface area contributed by atoms with Crippen molar-refractivity contribution in [3.63, 3.8) is 0 Å². The number of ether oxygens (including phenoxy) is 1. The van der Waals surface area contributed by atoms with Gasteiger partial charge in [0, 0.05) is 23.1 Å². The van der Waals surface area contributed by atoms with Crippen LogP contribution in [0, 0.1) is 0 Å². The maximum atomic E-state index is 13.0. The molecule has 162 valence electrons. The molecule has 30 heavy (non-hydrogen) atoms. The standard InChI is InChI=1S/C21H23Cl2N3O2S.ClH/c1-3-25(4-2)11-12-26(20(27)14-28-17-8-5-15(22)6-9-17)21-24-18-10-7-16(23)13-19(18)29-21;/h5-10,13H,3-4,11-12,14H2,1-2H3;1H. The maximum absolute atomic E-state index is 13.0. The van der Waals surface area contributed by atoms with E-state index in [9.17, 15) is 4.79 Å². The number of carbonyl (C=O) groups excluding carboxylic acids is 1. The Hall–Kier alpha value is -1.57. The van der Waals surface area contributed by atoms with E-state index in [1.807, 2.05) is 12.1 Å².